The normalized spacial score (nSPS) is 17.5. The Morgan fingerprint density at radius 1 is 1.28 bits per heavy atom. The summed E-state index contributed by atoms with van der Waals surface area (Å²) in [5.41, 5.74) is 4.52. The second-order valence-electron chi connectivity index (χ2n) is 3.97. The van der Waals surface area contributed by atoms with Crippen LogP contribution < -0.4 is 5.43 Å². The lowest BCUT2D eigenvalue weighted by atomic mass is 10.1. The number of benzene rings is 1. The minimum atomic E-state index is -0.00827. The smallest absolute Gasteiger partial charge is 0.263 e. The predicted octanol–water partition coefficient (Wildman–Crippen LogP) is 2.72. The van der Waals surface area contributed by atoms with Gasteiger partial charge in [0.05, 0.1) is 5.71 Å². The molecule has 1 aliphatic heterocycles. The van der Waals surface area contributed by atoms with Crippen molar-refractivity contribution in [3.8, 4) is 0 Å². The van der Waals surface area contributed by atoms with E-state index >= 15 is 0 Å². The Bertz CT molecular complexity index is 428. The number of thioether (sulfide) groups is 2. The van der Waals surface area contributed by atoms with Crippen molar-refractivity contribution in [3.05, 3.63) is 35.9 Å². The maximum atomic E-state index is 11.9. The van der Waals surface area contributed by atoms with Gasteiger partial charge in [0.15, 0.2) is 0 Å². The molecule has 1 fully saturated rings. The molecule has 0 aliphatic carbocycles. The minimum Gasteiger partial charge on any atom is -0.271 e. The van der Waals surface area contributed by atoms with Gasteiger partial charge >= 0.3 is 0 Å². The zero-order valence-electron chi connectivity index (χ0n) is 10.3. The maximum absolute atomic E-state index is 11.9. The summed E-state index contributed by atoms with van der Waals surface area (Å²) in [5.74, 6) is 2.12. The van der Waals surface area contributed by atoms with Crippen molar-refractivity contribution in [2.75, 3.05) is 11.5 Å². The van der Waals surface area contributed by atoms with Crippen LogP contribution in [0.3, 0.4) is 0 Å². The summed E-state index contributed by atoms with van der Waals surface area (Å²) in [4.78, 5) is 11.9. The van der Waals surface area contributed by atoms with Crippen molar-refractivity contribution in [2.45, 2.75) is 17.9 Å². The summed E-state index contributed by atoms with van der Waals surface area (Å²) in [5, 5.41) is 4.16. The SMILES string of the molecule is C/C(=N/NC(=O)C1SCCCS1)c1ccccc1. The van der Waals surface area contributed by atoms with Gasteiger partial charge < -0.3 is 0 Å². The fraction of sp³-hybridized carbons (Fsp3) is 0.385. The van der Waals surface area contributed by atoms with Gasteiger partial charge in [0.25, 0.3) is 5.91 Å². The second-order valence-corrected chi connectivity index (χ2v) is 6.69. The van der Waals surface area contributed by atoms with E-state index in [4.69, 9.17) is 0 Å². The van der Waals surface area contributed by atoms with E-state index in [1.54, 1.807) is 23.5 Å². The zero-order chi connectivity index (χ0) is 12.8. The molecule has 18 heavy (non-hydrogen) atoms. The van der Waals surface area contributed by atoms with E-state index in [9.17, 15) is 4.79 Å². The van der Waals surface area contributed by atoms with Gasteiger partial charge in [-0.25, -0.2) is 5.43 Å². The topological polar surface area (TPSA) is 41.5 Å². The Kier molecular flexibility index (Phi) is 5.13. The first kappa shape index (κ1) is 13.5. The quantitative estimate of drug-likeness (QED) is 0.684. The number of amides is 1. The van der Waals surface area contributed by atoms with E-state index in [0.717, 1.165) is 22.8 Å². The number of nitrogens with zero attached hydrogens (tertiary/aromatic N) is 1. The van der Waals surface area contributed by atoms with Gasteiger partial charge in [0, 0.05) is 0 Å². The van der Waals surface area contributed by atoms with E-state index in [2.05, 4.69) is 10.5 Å². The van der Waals surface area contributed by atoms with Crippen LogP contribution in [0.25, 0.3) is 0 Å². The highest BCUT2D eigenvalue weighted by Gasteiger charge is 2.21. The summed E-state index contributed by atoms with van der Waals surface area (Å²) in [6, 6.07) is 9.85. The number of hydrogen-bond donors (Lipinski definition) is 1. The standard InChI is InChI=1S/C13H16N2OS2/c1-10(11-6-3-2-4-7-11)14-15-12(16)13-17-8-5-9-18-13/h2-4,6-7,13H,5,8-9H2,1H3,(H,15,16)/b14-10-. The molecule has 1 N–H and O–H groups in total. The van der Waals surface area contributed by atoms with E-state index in [-0.39, 0.29) is 10.5 Å². The van der Waals surface area contributed by atoms with Gasteiger partial charge in [-0.05, 0) is 30.4 Å². The Morgan fingerprint density at radius 2 is 1.94 bits per heavy atom. The molecule has 0 spiro atoms. The molecule has 0 aromatic heterocycles. The van der Waals surface area contributed by atoms with Gasteiger partial charge in [-0.3, -0.25) is 4.79 Å². The number of nitrogens with one attached hydrogen (secondary N) is 1. The first-order valence-electron chi connectivity index (χ1n) is 5.90. The van der Waals surface area contributed by atoms with Crippen LogP contribution >= 0.6 is 23.5 Å². The van der Waals surface area contributed by atoms with E-state index in [1.165, 1.54) is 6.42 Å². The average Bonchev–Trinajstić information content (AvgIpc) is 2.46. The molecule has 1 saturated heterocycles. The number of carbonyl (C=O) groups excluding carboxylic acids is 1. The average molecular weight is 280 g/mol. The summed E-state index contributed by atoms with van der Waals surface area (Å²) in [6.07, 6.45) is 1.19. The minimum absolute atomic E-state index is 0.0000175. The Hall–Kier alpha value is -0.940. The zero-order valence-corrected chi connectivity index (χ0v) is 11.9. The first-order valence-corrected chi connectivity index (χ1v) is 8.00. The van der Waals surface area contributed by atoms with Crippen molar-refractivity contribution in [1.29, 1.82) is 0 Å². The van der Waals surface area contributed by atoms with Gasteiger partial charge in [-0.2, -0.15) is 5.10 Å². The van der Waals surface area contributed by atoms with Crippen LogP contribution in [0.5, 0.6) is 0 Å². The van der Waals surface area contributed by atoms with Crippen LogP contribution in [0.2, 0.25) is 0 Å². The lowest BCUT2D eigenvalue weighted by Gasteiger charge is -2.18. The fourth-order valence-corrected chi connectivity index (χ4v) is 4.18. The molecule has 1 amide bonds. The largest absolute Gasteiger partial charge is 0.271 e. The maximum Gasteiger partial charge on any atom is 0.263 e. The summed E-state index contributed by atoms with van der Waals surface area (Å²) in [6.45, 7) is 1.90. The van der Waals surface area contributed by atoms with Crippen LogP contribution in [0.4, 0.5) is 0 Å². The van der Waals surface area contributed by atoms with Crippen molar-refractivity contribution in [3.63, 3.8) is 0 Å². The van der Waals surface area contributed by atoms with Crippen LogP contribution in [0, 0.1) is 0 Å². The first-order chi connectivity index (χ1) is 8.77. The Labute approximate surface area is 116 Å². The summed E-state index contributed by atoms with van der Waals surface area (Å²) >= 11 is 3.40. The fourth-order valence-electron chi connectivity index (χ4n) is 1.57. The molecule has 0 saturated carbocycles. The third-order valence-corrected chi connectivity index (χ3v) is 5.47. The molecule has 96 valence electrons. The molecule has 5 heteroatoms. The number of hydrogen-bond acceptors (Lipinski definition) is 4. The molecule has 1 aliphatic rings. The van der Waals surface area contributed by atoms with Gasteiger partial charge in [0.1, 0.15) is 4.58 Å². The predicted molar refractivity (Wildman–Crippen MR) is 80.1 cm³/mol. The number of carbonyl (C=O) groups is 1. The van der Waals surface area contributed by atoms with E-state index in [1.807, 2.05) is 37.3 Å². The van der Waals surface area contributed by atoms with Crippen LogP contribution in [0.1, 0.15) is 18.9 Å². The van der Waals surface area contributed by atoms with Crippen LogP contribution in [0.15, 0.2) is 35.4 Å². The molecular weight excluding hydrogens is 264 g/mol. The third-order valence-electron chi connectivity index (χ3n) is 2.57. The van der Waals surface area contributed by atoms with Gasteiger partial charge in [-0.15, -0.1) is 23.5 Å². The molecular formula is C13H16N2OS2. The molecule has 3 nitrogen and oxygen atoms in total. The second kappa shape index (κ2) is 6.85. The molecule has 0 bridgehead atoms. The highest BCUT2D eigenvalue weighted by atomic mass is 32.2. The number of rotatable bonds is 3. The van der Waals surface area contributed by atoms with Gasteiger partial charge in [-0.1, -0.05) is 30.3 Å². The summed E-state index contributed by atoms with van der Waals surface area (Å²) in [7, 11) is 0. The van der Waals surface area contributed by atoms with Crippen LogP contribution in [-0.2, 0) is 4.79 Å². The highest BCUT2D eigenvalue weighted by Crippen LogP contribution is 2.30. The third kappa shape index (κ3) is 3.78. The number of hydrazone groups is 1. The molecule has 0 atom stereocenters. The Morgan fingerprint density at radius 3 is 2.61 bits per heavy atom. The van der Waals surface area contributed by atoms with E-state index < -0.39 is 0 Å². The van der Waals surface area contributed by atoms with Crippen LogP contribution in [-0.4, -0.2) is 27.7 Å². The molecule has 1 aromatic rings. The van der Waals surface area contributed by atoms with Gasteiger partial charge in [0.2, 0.25) is 0 Å². The molecule has 1 aromatic carbocycles. The van der Waals surface area contributed by atoms with E-state index in [0.29, 0.717) is 0 Å². The molecule has 0 radical (unpaired) electrons. The summed E-state index contributed by atoms with van der Waals surface area (Å²) < 4.78 is -0.00827. The van der Waals surface area contributed by atoms with Crippen molar-refractivity contribution in [2.24, 2.45) is 5.10 Å². The highest BCUT2D eigenvalue weighted by molar-refractivity contribution is 8.18. The lowest BCUT2D eigenvalue weighted by Crippen LogP contribution is -2.29. The Balaban J connectivity index is 1.91. The molecule has 2 rings (SSSR count). The lowest BCUT2D eigenvalue weighted by molar-refractivity contribution is -0.119. The van der Waals surface area contributed by atoms with Crippen molar-refractivity contribution < 1.29 is 4.79 Å². The van der Waals surface area contributed by atoms with Crippen molar-refractivity contribution in [1.82, 2.24) is 5.43 Å². The molecule has 0 unspecified atom stereocenters. The van der Waals surface area contributed by atoms with Crippen molar-refractivity contribution >= 4 is 35.1 Å². The molecule has 1 heterocycles. The monoisotopic (exact) mass is 280 g/mol.